The standard InChI is InChI=1S/C13H19BF3N4O2/c1-13(2,3)23-12(22)21-6-4-20(5-7-21)11-18-8-10(9-19-11)14(15,16)17/h8-9H,4-7H2,1-3H3/q-1. The van der Waals surface area contributed by atoms with Crippen molar-refractivity contribution in [3.63, 3.8) is 0 Å². The number of hydrogen-bond acceptors (Lipinski definition) is 5. The fourth-order valence-electron chi connectivity index (χ4n) is 2.08. The van der Waals surface area contributed by atoms with Gasteiger partial charge in [-0.2, -0.15) is 0 Å². The first-order valence-corrected chi connectivity index (χ1v) is 7.31. The van der Waals surface area contributed by atoms with Crippen LogP contribution in [0.1, 0.15) is 20.8 Å². The first-order valence-electron chi connectivity index (χ1n) is 7.31. The zero-order valence-corrected chi connectivity index (χ0v) is 13.3. The van der Waals surface area contributed by atoms with Crippen molar-refractivity contribution >= 4 is 24.5 Å². The van der Waals surface area contributed by atoms with E-state index < -0.39 is 24.1 Å². The lowest BCUT2D eigenvalue weighted by Gasteiger charge is -2.35. The fraction of sp³-hybridized carbons (Fsp3) is 0.615. The Balaban J connectivity index is 1.93. The van der Waals surface area contributed by atoms with Gasteiger partial charge in [-0.05, 0) is 20.8 Å². The maximum atomic E-state index is 12.5. The number of piperazine rings is 1. The van der Waals surface area contributed by atoms with Crippen LogP contribution >= 0.6 is 0 Å². The van der Waals surface area contributed by atoms with Crippen molar-refractivity contribution in [2.45, 2.75) is 26.4 Å². The summed E-state index contributed by atoms with van der Waals surface area (Å²) in [7, 11) is 0. The van der Waals surface area contributed by atoms with Gasteiger partial charge in [0.1, 0.15) is 5.60 Å². The molecule has 1 fully saturated rings. The van der Waals surface area contributed by atoms with Crippen LogP contribution in [-0.2, 0) is 4.74 Å². The zero-order valence-electron chi connectivity index (χ0n) is 13.3. The third-order valence-electron chi connectivity index (χ3n) is 3.25. The molecule has 0 radical (unpaired) electrons. The Kier molecular flexibility index (Phi) is 4.72. The van der Waals surface area contributed by atoms with E-state index in [1.54, 1.807) is 30.6 Å². The highest BCUT2D eigenvalue weighted by molar-refractivity contribution is 6.73. The molecule has 1 amide bonds. The molecule has 0 spiro atoms. The largest absolute Gasteiger partial charge is 0.512 e. The summed E-state index contributed by atoms with van der Waals surface area (Å²) >= 11 is 0. The molecule has 1 aliphatic rings. The Morgan fingerprint density at radius 3 is 2.09 bits per heavy atom. The molecule has 23 heavy (non-hydrogen) atoms. The van der Waals surface area contributed by atoms with E-state index in [0.29, 0.717) is 26.2 Å². The Morgan fingerprint density at radius 2 is 1.65 bits per heavy atom. The molecule has 1 aromatic rings. The normalized spacial score (nSPS) is 16.4. The van der Waals surface area contributed by atoms with Gasteiger partial charge in [0, 0.05) is 38.6 Å². The lowest BCUT2D eigenvalue weighted by molar-refractivity contribution is 0.0240. The molecule has 128 valence electrons. The second-order valence-corrected chi connectivity index (χ2v) is 6.35. The van der Waals surface area contributed by atoms with E-state index in [2.05, 4.69) is 9.97 Å². The van der Waals surface area contributed by atoms with Gasteiger partial charge in [0.25, 0.3) is 0 Å². The molecule has 1 aromatic heterocycles. The van der Waals surface area contributed by atoms with Gasteiger partial charge in [0.2, 0.25) is 5.95 Å². The van der Waals surface area contributed by atoms with Crippen LogP contribution in [0.25, 0.3) is 0 Å². The minimum Gasteiger partial charge on any atom is -0.445 e. The van der Waals surface area contributed by atoms with Gasteiger partial charge < -0.3 is 27.5 Å². The van der Waals surface area contributed by atoms with Crippen molar-refractivity contribution in [3.05, 3.63) is 12.4 Å². The topological polar surface area (TPSA) is 58.6 Å². The van der Waals surface area contributed by atoms with Gasteiger partial charge in [-0.25, -0.2) is 14.8 Å². The van der Waals surface area contributed by atoms with E-state index in [4.69, 9.17) is 4.74 Å². The van der Waals surface area contributed by atoms with E-state index in [1.807, 2.05) is 0 Å². The van der Waals surface area contributed by atoms with Crippen LogP contribution in [0.2, 0.25) is 0 Å². The average molecular weight is 331 g/mol. The highest BCUT2D eigenvalue weighted by atomic mass is 19.4. The molecular formula is C13H19BF3N4O2-. The molecule has 0 N–H and O–H groups in total. The zero-order chi connectivity index (χ0) is 17.3. The van der Waals surface area contributed by atoms with E-state index in [9.17, 15) is 17.7 Å². The van der Waals surface area contributed by atoms with E-state index in [1.165, 1.54) is 0 Å². The Bertz CT molecular complexity index is 552. The summed E-state index contributed by atoms with van der Waals surface area (Å²) in [5, 5.41) is 0. The Morgan fingerprint density at radius 1 is 1.13 bits per heavy atom. The number of aromatic nitrogens is 2. The molecule has 1 saturated heterocycles. The van der Waals surface area contributed by atoms with E-state index in [0.717, 1.165) is 12.4 Å². The summed E-state index contributed by atoms with van der Waals surface area (Å²) in [6, 6.07) is 0. The van der Waals surface area contributed by atoms with E-state index in [-0.39, 0.29) is 5.95 Å². The molecule has 0 saturated carbocycles. The molecule has 0 atom stereocenters. The number of anilines is 1. The van der Waals surface area contributed by atoms with Crippen molar-refractivity contribution in [3.8, 4) is 0 Å². The Hall–Kier alpha value is -2.00. The lowest BCUT2D eigenvalue weighted by Crippen LogP contribution is -2.50. The third kappa shape index (κ3) is 4.74. The number of nitrogens with zero attached hydrogens (tertiary/aromatic N) is 4. The minimum atomic E-state index is -5.09. The van der Waals surface area contributed by atoms with Gasteiger partial charge in [0.05, 0.1) is 0 Å². The molecule has 0 bridgehead atoms. The average Bonchev–Trinajstić information content (AvgIpc) is 2.45. The van der Waals surface area contributed by atoms with Crippen molar-refractivity contribution in [1.82, 2.24) is 14.9 Å². The summed E-state index contributed by atoms with van der Waals surface area (Å²) in [5.74, 6) is 0.234. The SMILES string of the molecule is CC(C)(C)OC(=O)N1CCN(c2ncc([B-](F)(F)F)cn2)CC1. The van der Waals surface area contributed by atoms with Crippen molar-refractivity contribution < 1.29 is 22.5 Å². The predicted octanol–water partition coefficient (Wildman–Crippen LogP) is 1.59. The number of ether oxygens (including phenoxy) is 1. The van der Waals surface area contributed by atoms with Crippen molar-refractivity contribution in [2.24, 2.45) is 0 Å². The molecule has 6 nitrogen and oxygen atoms in total. The predicted molar refractivity (Wildman–Crippen MR) is 80.8 cm³/mol. The van der Waals surface area contributed by atoms with Gasteiger partial charge in [-0.3, -0.25) is 0 Å². The maximum Gasteiger partial charge on any atom is 0.512 e. The van der Waals surface area contributed by atoms with Gasteiger partial charge in [-0.15, -0.1) is 0 Å². The number of hydrogen-bond donors (Lipinski definition) is 0. The van der Waals surface area contributed by atoms with Crippen LogP contribution in [0.5, 0.6) is 0 Å². The molecule has 0 unspecified atom stereocenters. The highest BCUT2D eigenvalue weighted by Crippen LogP contribution is 2.15. The smallest absolute Gasteiger partial charge is 0.445 e. The van der Waals surface area contributed by atoms with Gasteiger partial charge in [0.15, 0.2) is 0 Å². The molecule has 10 heteroatoms. The molecule has 1 aliphatic heterocycles. The van der Waals surface area contributed by atoms with Crippen LogP contribution < -0.4 is 10.4 Å². The molecular weight excluding hydrogens is 312 g/mol. The van der Waals surface area contributed by atoms with Gasteiger partial charge >= 0.3 is 13.1 Å². The minimum absolute atomic E-state index is 0.234. The van der Waals surface area contributed by atoms with Crippen LogP contribution in [0.3, 0.4) is 0 Å². The number of carbonyl (C=O) groups excluding carboxylic acids is 1. The molecule has 0 aromatic carbocycles. The van der Waals surface area contributed by atoms with Crippen molar-refractivity contribution in [2.75, 3.05) is 31.1 Å². The van der Waals surface area contributed by atoms with Crippen LogP contribution in [0.4, 0.5) is 23.7 Å². The first-order chi connectivity index (χ1) is 10.6. The van der Waals surface area contributed by atoms with Crippen LogP contribution in [0.15, 0.2) is 12.4 Å². The second-order valence-electron chi connectivity index (χ2n) is 6.35. The summed E-state index contributed by atoms with van der Waals surface area (Å²) < 4.78 is 42.9. The molecule has 0 aliphatic carbocycles. The number of rotatable bonds is 2. The van der Waals surface area contributed by atoms with Gasteiger partial charge in [-0.1, -0.05) is 5.46 Å². The van der Waals surface area contributed by atoms with Crippen LogP contribution in [-0.4, -0.2) is 59.7 Å². The number of halogens is 3. The lowest BCUT2D eigenvalue weighted by atomic mass is 9.83. The quantitative estimate of drug-likeness (QED) is 0.771. The second kappa shape index (κ2) is 6.25. The summed E-state index contributed by atoms with van der Waals surface area (Å²) in [5.41, 5.74) is -1.38. The summed E-state index contributed by atoms with van der Waals surface area (Å²) in [6.45, 7) is 1.98. The van der Waals surface area contributed by atoms with Crippen molar-refractivity contribution in [1.29, 1.82) is 0 Å². The van der Waals surface area contributed by atoms with Crippen LogP contribution in [0, 0.1) is 0 Å². The monoisotopic (exact) mass is 331 g/mol. The van der Waals surface area contributed by atoms with E-state index >= 15 is 0 Å². The highest BCUT2D eigenvalue weighted by Gasteiger charge is 2.28. The number of carbonyl (C=O) groups is 1. The summed E-state index contributed by atoms with van der Waals surface area (Å²) in [6.07, 6.45) is 1.19. The Labute approximate surface area is 132 Å². The first kappa shape index (κ1) is 17.4. The third-order valence-corrected chi connectivity index (χ3v) is 3.25. The fourth-order valence-corrected chi connectivity index (χ4v) is 2.08. The maximum absolute atomic E-state index is 12.5. The summed E-state index contributed by atoms with van der Waals surface area (Å²) in [4.78, 5) is 22.8. The molecule has 2 heterocycles. The number of amides is 1. The molecule has 2 rings (SSSR count).